The molecule has 3 rings (SSSR count). The van der Waals surface area contributed by atoms with E-state index in [1.807, 2.05) is 42.8 Å². The SMILES string of the molecule is CN(Cc1cccs1)C(=O)c1ccc2cn[nH]c2c1. The Morgan fingerprint density at radius 2 is 2.32 bits per heavy atom. The standard InChI is InChI=1S/C14H13N3OS/c1-17(9-12-3-2-6-19-12)14(18)10-4-5-11-8-15-16-13(11)7-10/h2-8H,9H2,1H3,(H,15,16). The number of aromatic amines is 1. The first-order valence-corrected chi connectivity index (χ1v) is 6.83. The van der Waals surface area contributed by atoms with E-state index in [0.717, 1.165) is 10.9 Å². The van der Waals surface area contributed by atoms with Crippen molar-refractivity contribution in [3.63, 3.8) is 0 Å². The van der Waals surface area contributed by atoms with Crippen molar-refractivity contribution in [2.45, 2.75) is 6.54 Å². The molecule has 0 spiro atoms. The predicted molar refractivity (Wildman–Crippen MR) is 76.2 cm³/mol. The van der Waals surface area contributed by atoms with Crippen LogP contribution in [0.5, 0.6) is 0 Å². The van der Waals surface area contributed by atoms with Gasteiger partial charge in [-0.15, -0.1) is 11.3 Å². The fourth-order valence-electron chi connectivity index (χ4n) is 2.00. The number of carbonyl (C=O) groups excluding carboxylic acids is 1. The Kier molecular flexibility index (Phi) is 3.05. The molecular weight excluding hydrogens is 258 g/mol. The molecule has 0 fully saturated rings. The summed E-state index contributed by atoms with van der Waals surface area (Å²) in [4.78, 5) is 15.2. The monoisotopic (exact) mass is 271 g/mol. The molecule has 0 aliphatic heterocycles. The number of carbonyl (C=O) groups is 1. The van der Waals surface area contributed by atoms with Gasteiger partial charge in [-0.1, -0.05) is 12.1 Å². The van der Waals surface area contributed by atoms with Crippen LogP contribution in [0.4, 0.5) is 0 Å². The first-order valence-electron chi connectivity index (χ1n) is 5.95. The quantitative estimate of drug-likeness (QED) is 0.796. The molecule has 0 atom stereocenters. The van der Waals surface area contributed by atoms with Gasteiger partial charge in [0, 0.05) is 22.9 Å². The molecule has 1 aromatic carbocycles. The van der Waals surface area contributed by atoms with Gasteiger partial charge in [-0.05, 0) is 23.6 Å². The summed E-state index contributed by atoms with van der Waals surface area (Å²) in [6.07, 6.45) is 1.75. The third-order valence-electron chi connectivity index (χ3n) is 3.01. The normalized spacial score (nSPS) is 10.8. The molecule has 0 bridgehead atoms. The van der Waals surface area contributed by atoms with Crippen LogP contribution in [0.25, 0.3) is 10.9 Å². The molecule has 1 amide bonds. The zero-order valence-electron chi connectivity index (χ0n) is 10.5. The highest BCUT2D eigenvalue weighted by atomic mass is 32.1. The highest BCUT2D eigenvalue weighted by molar-refractivity contribution is 7.09. The van der Waals surface area contributed by atoms with Gasteiger partial charge < -0.3 is 4.90 Å². The molecule has 0 saturated heterocycles. The summed E-state index contributed by atoms with van der Waals surface area (Å²) >= 11 is 1.66. The van der Waals surface area contributed by atoms with E-state index in [1.54, 1.807) is 22.4 Å². The molecule has 0 aliphatic carbocycles. The molecule has 19 heavy (non-hydrogen) atoms. The molecule has 0 aliphatic rings. The van der Waals surface area contributed by atoms with Gasteiger partial charge in [0.1, 0.15) is 0 Å². The molecule has 0 unspecified atom stereocenters. The van der Waals surface area contributed by atoms with Crippen LogP contribution in [0, 0.1) is 0 Å². The number of fused-ring (bicyclic) bond motifs is 1. The minimum Gasteiger partial charge on any atom is -0.337 e. The van der Waals surface area contributed by atoms with Gasteiger partial charge in [-0.3, -0.25) is 9.89 Å². The van der Waals surface area contributed by atoms with E-state index >= 15 is 0 Å². The van der Waals surface area contributed by atoms with Crippen LogP contribution >= 0.6 is 11.3 Å². The summed E-state index contributed by atoms with van der Waals surface area (Å²) in [7, 11) is 1.82. The Bertz CT molecular complexity index is 702. The highest BCUT2D eigenvalue weighted by Crippen LogP contribution is 2.16. The number of H-pyrrole nitrogens is 1. The van der Waals surface area contributed by atoms with Gasteiger partial charge in [0.25, 0.3) is 5.91 Å². The number of aromatic nitrogens is 2. The van der Waals surface area contributed by atoms with Crippen LogP contribution < -0.4 is 0 Å². The second-order valence-electron chi connectivity index (χ2n) is 4.41. The molecule has 1 N–H and O–H groups in total. The van der Waals surface area contributed by atoms with Crippen molar-refractivity contribution in [1.29, 1.82) is 0 Å². The Labute approximate surface area is 114 Å². The smallest absolute Gasteiger partial charge is 0.253 e. The minimum absolute atomic E-state index is 0.0184. The number of hydrogen-bond donors (Lipinski definition) is 1. The zero-order valence-corrected chi connectivity index (χ0v) is 11.3. The van der Waals surface area contributed by atoms with Crippen LogP contribution in [0.15, 0.2) is 41.9 Å². The second-order valence-corrected chi connectivity index (χ2v) is 5.44. The zero-order chi connectivity index (χ0) is 13.2. The lowest BCUT2D eigenvalue weighted by atomic mass is 10.1. The molecule has 3 aromatic rings. The summed E-state index contributed by atoms with van der Waals surface area (Å²) in [6.45, 7) is 0.636. The van der Waals surface area contributed by atoms with Crippen LogP contribution in [0.3, 0.4) is 0 Å². The Hall–Kier alpha value is -2.14. The largest absolute Gasteiger partial charge is 0.337 e. The van der Waals surface area contributed by atoms with Crippen LogP contribution in [0.2, 0.25) is 0 Å². The summed E-state index contributed by atoms with van der Waals surface area (Å²) in [6, 6.07) is 9.62. The second kappa shape index (κ2) is 4.85. The number of hydrogen-bond acceptors (Lipinski definition) is 3. The lowest BCUT2D eigenvalue weighted by Gasteiger charge is -2.16. The number of thiophene rings is 1. The van der Waals surface area contributed by atoms with Crippen LogP contribution in [-0.2, 0) is 6.54 Å². The van der Waals surface area contributed by atoms with Gasteiger partial charge in [0.2, 0.25) is 0 Å². The average molecular weight is 271 g/mol. The molecule has 0 radical (unpaired) electrons. The van der Waals surface area contributed by atoms with Crippen LogP contribution in [0.1, 0.15) is 15.2 Å². The number of rotatable bonds is 3. The summed E-state index contributed by atoms with van der Waals surface area (Å²) in [5.41, 5.74) is 1.56. The number of nitrogens with one attached hydrogen (secondary N) is 1. The fraction of sp³-hybridized carbons (Fsp3) is 0.143. The first kappa shape index (κ1) is 11.9. The third-order valence-corrected chi connectivity index (χ3v) is 3.87. The molecule has 5 heteroatoms. The Balaban J connectivity index is 1.82. The van der Waals surface area contributed by atoms with E-state index in [1.165, 1.54) is 4.88 Å². The topological polar surface area (TPSA) is 49.0 Å². The predicted octanol–water partition coefficient (Wildman–Crippen LogP) is 2.90. The average Bonchev–Trinajstić information content (AvgIpc) is 3.07. The van der Waals surface area contributed by atoms with Crippen molar-refractivity contribution < 1.29 is 4.79 Å². The minimum atomic E-state index is 0.0184. The summed E-state index contributed by atoms with van der Waals surface area (Å²) in [5.74, 6) is 0.0184. The van der Waals surface area contributed by atoms with E-state index in [0.29, 0.717) is 12.1 Å². The summed E-state index contributed by atoms with van der Waals surface area (Å²) < 4.78 is 0. The van der Waals surface area contributed by atoms with Crippen molar-refractivity contribution >= 4 is 28.1 Å². The Morgan fingerprint density at radius 1 is 1.42 bits per heavy atom. The maximum atomic E-state index is 12.3. The van der Waals surface area contributed by atoms with Crippen molar-refractivity contribution in [3.05, 3.63) is 52.3 Å². The Morgan fingerprint density at radius 3 is 3.11 bits per heavy atom. The van der Waals surface area contributed by atoms with E-state index in [2.05, 4.69) is 10.2 Å². The fourth-order valence-corrected chi connectivity index (χ4v) is 2.76. The van der Waals surface area contributed by atoms with E-state index in [9.17, 15) is 4.79 Å². The van der Waals surface area contributed by atoms with Crippen molar-refractivity contribution in [2.24, 2.45) is 0 Å². The van der Waals surface area contributed by atoms with Crippen molar-refractivity contribution in [2.75, 3.05) is 7.05 Å². The van der Waals surface area contributed by atoms with Crippen LogP contribution in [-0.4, -0.2) is 28.1 Å². The van der Waals surface area contributed by atoms with Gasteiger partial charge in [-0.2, -0.15) is 5.10 Å². The lowest BCUT2D eigenvalue weighted by molar-refractivity contribution is 0.0786. The molecule has 0 saturated carbocycles. The molecule has 96 valence electrons. The van der Waals surface area contributed by atoms with Gasteiger partial charge in [0.15, 0.2) is 0 Å². The first-order chi connectivity index (χ1) is 9.24. The van der Waals surface area contributed by atoms with E-state index in [-0.39, 0.29) is 5.91 Å². The van der Waals surface area contributed by atoms with E-state index < -0.39 is 0 Å². The molecule has 2 heterocycles. The highest BCUT2D eigenvalue weighted by Gasteiger charge is 2.13. The van der Waals surface area contributed by atoms with Crippen molar-refractivity contribution in [1.82, 2.24) is 15.1 Å². The number of nitrogens with zero attached hydrogens (tertiary/aromatic N) is 2. The maximum absolute atomic E-state index is 12.3. The third kappa shape index (κ3) is 2.37. The lowest BCUT2D eigenvalue weighted by Crippen LogP contribution is -2.25. The molecular formula is C14H13N3OS. The van der Waals surface area contributed by atoms with Crippen molar-refractivity contribution in [3.8, 4) is 0 Å². The molecule has 2 aromatic heterocycles. The maximum Gasteiger partial charge on any atom is 0.253 e. The van der Waals surface area contributed by atoms with Gasteiger partial charge in [-0.25, -0.2) is 0 Å². The van der Waals surface area contributed by atoms with Gasteiger partial charge >= 0.3 is 0 Å². The summed E-state index contributed by atoms with van der Waals surface area (Å²) in [5, 5.41) is 9.87. The van der Waals surface area contributed by atoms with Gasteiger partial charge in [0.05, 0.1) is 18.3 Å². The number of benzene rings is 1. The number of amides is 1. The molecule has 4 nitrogen and oxygen atoms in total. The van der Waals surface area contributed by atoms with E-state index in [4.69, 9.17) is 0 Å².